The molecule has 0 aliphatic carbocycles. The van der Waals surface area contributed by atoms with Gasteiger partial charge in [0, 0.05) is 0 Å². The highest BCUT2D eigenvalue weighted by atomic mass is 16.5. The van der Waals surface area contributed by atoms with Crippen molar-refractivity contribution in [3.05, 3.63) is 23.8 Å². The number of ether oxygens (including phenoxy) is 1. The zero-order chi connectivity index (χ0) is 15.3. The van der Waals surface area contributed by atoms with Crippen LogP contribution in [0.1, 0.15) is 12.5 Å². The van der Waals surface area contributed by atoms with Gasteiger partial charge in [0.05, 0.1) is 13.2 Å². The summed E-state index contributed by atoms with van der Waals surface area (Å²) in [7, 11) is 1.23. The van der Waals surface area contributed by atoms with Crippen LogP contribution in [-0.4, -0.2) is 41.3 Å². The third kappa shape index (κ3) is 4.13. The maximum absolute atomic E-state index is 11.8. The first-order valence-corrected chi connectivity index (χ1v) is 5.99. The third-order valence-electron chi connectivity index (χ3n) is 2.75. The fourth-order valence-corrected chi connectivity index (χ4v) is 1.60. The molecule has 0 aliphatic rings. The third-order valence-corrected chi connectivity index (χ3v) is 2.75. The summed E-state index contributed by atoms with van der Waals surface area (Å²) in [6.07, 6.45) is 0.160. The Morgan fingerprint density at radius 2 is 2.00 bits per heavy atom. The van der Waals surface area contributed by atoms with Crippen LogP contribution in [0.15, 0.2) is 18.2 Å². The molecule has 110 valence electrons. The second-order valence-electron chi connectivity index (χ2n) is 4.39. The number of hydrogen-bond acceptors (Lipinski definition) is 6. The number of methoxy groups -OCH3 is 1. The van der Waals surface area contributed by atoms with Crippen molar-refractivity contribution in [2.45, 2.75) is 25.4 Å². The number of benzene rings is 1. The maximum Gasteiger partial charge on any atom is 0.328 e. The number of carbonyl (C=O) groups is 2. The number of aromatic hydroxyl groups is 2. The average molecular weight is 282 g/mol. The average Bonchev–Trinajstić information content (AvgIpc) is 2.41. The lowest BCUT2D eigenvalue weighted by Gasteiger charge is -2.16. The summed E-state index contributed by atoms with van der Waals surface area (Å²) in [5, 5.41) is 21.0. The second kappa shape index (κ2) is 6.76. The fourth-order valence-electron chi connectivity index (χ4n) is 1.60. The zero-order valence-electron chi connectivity index (χ0n) is 11.3. The Balaban J connectivity index is 2.61. The minimum atomic E-state index is -0.883. The van der Waals surface area contributed by atoms with Gasteiger partial charge in [-0.2, -0.15) is 0 Å². The molecule has 20 heavy (non-hydrogen) atoms. The standard InChI is InChI=1S/C13H18N2O5/c1-7(13(19)20-2)15-12(18)9(14)5-8-3-4-10(16)11(17)6-8/h3-4,6-7,9,16-17H,5,14H2,1-2H3,(H,15,18)/t7-,9-/m0/s1. The molecule has 1 amide bonds. The lowest BCUT2D eigenvalue weighted by atomic mass is 10.1. The van der Waals surface area contributed by atoms with E-state index in [9.17, 15) is 19.8 Å². The second-order valence-corrected chi connectivity index (χ2v) is 4.39. The van der Waals surface area contributed by atoms with Gasteiger partial charge in [0.25, 0.3) is 0 Å². The molecule has 0 unspecified atom stereocenters. The highest BCUT2D eigenvalue weighted by Crippen LogP contribution is 2.25. The predicted octanol–water partition coefficient (Wildman–Crippen LogP) is -0.355. The van der Waals surface area contributed by atoms with Crippen molar-refractivity contribution < 1.29 is 24.5 Å². The molecule has 0 heterocycles. The first-order valence-electron chi connectivity index (χ1n) is 5.99. The highest BCUT2D eigenvalue weighted by Gasteiger charge is 2.20. The molecule has 0 saturated heterocycles. The van der Waals surface area contributed by atoms with E-state index in [-0.39, 0.29) is 17.9 Å². The molecule has 0 fully saturated rings. The molecule has 0 aromatic heterocycles. The molecule has 1 aromatic carbocycles. The van der Waals surface area contributed by atoms with E-state index < -0.39 is 24.0 Å². The Morgan fingerprint density at radius 3 is 2.55 bits per heavy atom. The van der Waals surface area contributed by atoms with Gasteiger partial charge in [0.2, 0.25) is 5.91 Å². The summed E-state index contributed by atoms with van der Waals surface area (Å²) in [6.45, 7) is 1.49. The van der Waals surface area contributed by atoms with E-state index in [0.717, 1.165) is 0 Å². The number of esters is 1. The number of hydrogen-bond donors (Lipinski definition) is 4. The van der Waals surface area contributed by atoms with E-state index in [1.807, 2.05) is 0 Å². The molecular weight excluding hydrogens is 264 g/mol. The summed E-state index contributed by atoms with van der Waals surface area (Å²) in [5.74, 6) is -1.59. The summed E-state index contributed by atoms with van der Waals surface area (Å²) in [6, 6.07) is 2.52. The number of phenolic OH excluding ortho intramolecular Hbond substituents is 2. The van der Waals surface area contributed by atoms with Crippen molar-refractivity contribution in [1.82, 2.24) is 5.32 Å². The van der Waals surface area contributed by atoms with E-state index in [0.29, 0.717) is 5.56 Å². The first-order chi connectivity index (χ1) is 9.35. The Labute approximate surface area is 116 Å². The first kappa shape index (κ1) is 15.8. The van der Waals surface area contributed by atoms with Crippen LogP contribution in [0, 0.1) is 0 Å². The molecule has 7 heteroatoms. The number of rotatable bonds is 5. The van der Waals surface area contributed by atoms with Gasteiger partial charge in [-0.25, -0.2) is 4.79 Å². The molecule has 0 bridgehead atoms. The Kier molecular flexibility index (Phi) is 5.33. The van der Waals surface area contributed by atoms with Gasteiger partial charge in [-0.1, -0.05) is 6.07 Å². The van der Waals surface area contributed by atoms with Crippen LogP contribution in [0.3, 0.4) is 0 Å². The summed E-state index contributed by atoms with van der Waals surface area (Å²) in [4.78, 5) is 22.9. The van der Waals surface area contributed by atoms with Gasteiger partial charge in [0.15, 0.2) is 11.5 Å². The number of amides is 1. The van der Waals surface area contributed by atoms with Crippen LogP contribution in [0.2, 0.25) is 0 Å². The zero-order valence-corrected chi connectivity index (χ0v) is 11.3. The van der Waals surface area contributed by atoms with Crippen molar-refractivity contribution in [3.8, 4) is 11.5 Å². The lowest BCUT2D eigenvalue weighted by Crippen LogP contribution is -2.48. The fraction of sp³-hybridized carbons (Fsp3) is 0.385. The summed E-state index contributed by atoms with van der Waals surface area (Å²) in [5.41, 5.74) is 6.31. The molecule has 0 saturated carbocycles. The van der Waals surface area contributed by atoms with Crippen LogP contribution in [0.4, 0.5) is 0 Å². The van der Waals surface area contributed by atoms with E-state index in [4.69, 9.17) is 5.73 Å². The van der Waals surface area contributed by atoms with E-state index in [2.05, 4.69) is 10.1 Å². The normalized spacial score (nSPS) is 13.3. The van der Waals surface area contributed by atoms with Gasteiger partial charge in [-0.3, -0.25) is 4.79 Å². The highest BCUT2D eigenvalue weighted by molar-refractivity contribution is 5.87. The van der Waals surface area contributed by atoms with E-state index >= 15 is 0 Å². The minimum Gasteiger partial charge on any atom is -0.504 e. The monoisotopic (exact) mass is 282 g/mol. The number of phenols is 2. The number of nitrogens with one attached hydrogen (secondary N) is 1. The van der Waals surface area contributed by atoms with Crippen LogP contribution < -0.4 is 11.1 Å². The van der Waals surface area contributed by atoms with Crippen LogP contribution in [-0.2, 0) is 20.7 Å². The molecule has 0 radical (unpaired) electrons. The van der Waals surface area contributed by atoms with Crippen molar-refractivity contribution in [2.75, 3.05) is 7.11 Å². The Morgan fingerprint density at radius 1 is 1.35 bits per heavy atom. The topological polar surface area (TPSA) is 122 Å². The van der Waals surface area contributed by atoms with Crippen LogP contribution in [0.5, 0.6) is 11.5 Å². The van der Waals surface area contributed by atoms with Gasteiger partial charge in [-0.05, 0) is 31.0 Å². The minimum absolute atomic E-state index is 0.160. The SMILES string of the molecule is COC(=O)[C@H](C)NC(=O)[C@@H](N)Cc1ccc(O)c(O)c1. The molecule has 7 nitrogen and oxygen atoms in total. The number of nitrogens with two attached hydrogens (primary N) is 1. The Hall–Kier alpha value is -2.28. The molecule has 0 spiro atoms. The van der Waals surface area contributed by atoms with E-state index in [1.54, 1.807) is 6.07 Å². The predicted molar refractivity (Wildman–Crippen MR) is 71.1 cm³/mol. The van der Waals surface area contributed by atoms with Crippen molar-refractivity contribution >= 4 is 11.9 Å². The van der Waals surface area contributed by atoms with Crippen LogP contribution >= 0.6 is 0 Å². The number of carbonyl (C=O) groups excluding carboxylic acids is 2. The molecule has 5 N–H and O–H groups in total. The lowest BCUT2D eigenvalue weighted by molar-refractivity contribution is -0.144. The maximum atomic E-state index is 11.8. The molecular formula is C13H18N2O5. The van der Waals surface area contributed by atoms with Gasteiger partial charge in [-0.15, -0.1) is 0 Å². The quantitative estimate of drug-likeness (QED) is 0.432. The van der Waals surface area contributed by atoms with E-state index in [1.165, 1.54) is 26.2 Å². The van der Waals surface area contributed by atoms with Crippen molar-refractivity contribution in [2.24, 2.45) is 5.73 Å². The molecule has 1 rings (SSSR count). The van der Waals surface area contributed by atoms with Crippen molar-refractivity contribution in [1.29, 1.82) is 0 Å². The van der Waals surface area contributed by atoms with Crippen molar-refractivity contribution in [3.63, 3.8) is 0 Å². The van der Waals surface area contributed by atoms with Gasteiger partial charge >= 0.3 is 5.97 Å². The Bertz CT molecular complexity index is 504. The largest absolute Gasteiger partial charge is 0.504 e. The van der Waals surface area contributed by atoms with Gasteiger partial charge < -0.3 is 26.0 Å². The molecule has 2 atom stereocenters. The summed E-state index contributed by atoms with van der Waals surface area (Å²) >= 11 is 0. The van der Waals surface area contributed by atoms with Crippen LogP contribution in [0.25, 0.3) is 0 Å². The summed E-state index contributed by atoms with van der Waals surface area (Å²) < 4.78 is 4.48. The molecule has 0 aliphatic heterocycles. The molecule has 1 aromatic rings. The smallest absolute Gasteiger partial charge is 0.328 e. The van der Waals surface area contributed by atoms with Gasteiger partial charge in [0.1, 0.15) is 6.04 Å².